The topological polar surface area (TPSA) is 93.2 Å². The maximum atomic E-state index is 12.1. The average Bonchev–Trinajstić information content (AvgIpc) is 2.73. The van der Waals surface area contributed by atoms with E-state index in [0.29, 0.717) is 0 Å². The molecule has 0 aliphatic rings. The highest BCUT2D eigenvalue weighted by Gasteiger charge is 2.17. The van der Waals surface area contributed by atoms with Crippen LogP contribution < -0.4 is 4.72 Å². The fourth-order valence-electron chi connectivity index (χ4n) is 1.44. The van der Waals surface area contributed by atoms with Gasteiger partial charge in [-0.2, -0.15) is 0 Å². The maximum absolute atomic E-state index is 12.1. The molecular weight excluding hydrogens is 320 g/mol. The van der Waals surface area contributed by atoms with E-state index in [1.165, 1.54) is 35.6 Å². The second-order valence-electron chi connectivity index (χ2n) is 4.14. The van der Waals surface area contributed by atoms with E-state index in [2.05, 4.69) is 9.71 Å². The number of nitrogens with one attached hydrogen (secondary N) is 1. The summed E-state index contributed by atoms with van der Waals surface area (Å²) in [6, 6.07) is 5.02. The molecule has 0 radical (unpaired) electrons. The van der Waals surface area contributed by atoms with Crippen LogP contribution in [0.3, 0.4) is 0 Å². The summed E-state index contributed by atoms with van der Waals surface area (Å²) in [5.41, 5.74) is 0.722. The number of aryl methyl sites for hydroxylation is 1. The third-order valence-corrected chi connectivity index (χ3v) is 5.89. The number of sulfone groups is 1. The fourth-order valence-corrected chi connectivity index (χ4v) is 4.01. The van der Waals surface area contributed by atoms with Crippen molar-refractivity contribution in [2.75, 3.05) is 11.0 Å². The standard InChI is InChI=1S/C11H12N2O4S3/c1-8-7-18-11(12-8)13-20(16,17)10-5-3-9(4-6-10)19(2,14)15/h3-7H,1-2H3,(H,12,13). The molecule has 6 nitrogen and oxygen atoms in total. The van der Waals surface area contributed by atoms with Gasteiger partial charge >= 0.3 is 0 Å². The third kappa shape index (κ3) is 3.35. The van der Waals surface area contributed by atoms with Crippen LogP contribution in [0.25, 0.3) is 0 Å². The van der Waals surface area contributed by atoms with Crippen LogP contribution in [0.1, 0.15) is 5.69 Å². The summed E-state index contributed by atoms with van der Waals surface area (Å²) in [6.45, 7) is 1.76. The molecule has 0 unspecified atom stereocenters. The van der Waals surface area contributed by atoms with Crippen LogP contribution in [-0.2, 0) is 19.9 Å². The molecule has 0 fully saturated rings. The Bertz CT molecular complexity index is 821. The van der Waals surface area contributed by atoms with Crippen molar-refractivity contribution in [2.45, 2.75) is 16.7 Å². The number of sulfonamides is 1. The van der Waals surface area contributed by atoms with Gasteiger partial charge in [0.25, 0.3) is 10.0 Å². The first kappa shape index (κ1) is 14.9. The molecule has 0 spiro atoms. The Balaban J connectivity index is 2.30. The van der Waals surface area contributed by atoms with Gasteiger partial charge in [-0.1, -0.05) is 0 Å². The number of aromatic nitrogens is 1. The van der Waals surface area contributed by atoms with Crippen LogP contribution in [0, 0.1) is 6.92 Å². The molecule has 0 atom stereocenters. The normalized spacial score (nSPS) is 12.3. The van der Waals surface area contributed by atoms with Gasteiger partial charge in [-0.15, -0.1) is 11.3 Å². The number of benzene rings is 1. The summed E-state index contributed by atoms with van der Waals surface area (Å²) in [5.74, 6) is 0. The summed E-state index contributed by atoms with van der Waals surface area (Å²) >= 11 is 1.18. The first-order chi connectivity index (χ1) is 9.18. The largest absolute Gasteiger partial charge is 0.263 e. The van der Waals surface area contributed by atoms with Gasteiger partial charge in [0.15, 0.2) is 15.0 Å². The molecule has 108 valence electrons. The molecular formula is C11H12N2O4S3. The number of thiazole rings is 1. The summed E-state index contributed by atoms with van der Waals surface area (Å²) < 4.78 is 49.1. The summed E-state index contributed by atoms with van der Waals surface area (Å²) in [5, 5.41) is 2.00. The highest BCUT2D eigenvalue weighted by molar-refractivity contribution is 7.93. The van der Waals surface area contributed by atoms with Gasteiger partial charge in [0.05, 0.1) is 15.5 Å². The lowest BCUT2D eigenvalue weighted by atomic mass is 10.4. The zero-order valence-corrected chi connectivity index (χ0v) is 13.1. The molecule has 20 heavy (non-hydrogen) atoms. The van der Waals surface area contributed by atoms with Crippen LogP contribution in [0.15, 0.2) is 39.4 Å². The second kappa shape index (κ2) is 5.15. The van der Waals surface area contributed by atoms with E-state index >= 15 is 0 Å². The second-order valence-corrected chi connectivity index (χ2v) is 8.70. The predicted octanol–water partition coefficient (Wildman–Crippen LogP) is 1.66. The summed E-state index contributed by atoms with van der Waals surface area (Å²) in [4.78, 5) is 4.07. The van der Waals surface area contributed by atoms with Gasteiger partial charge in [-0.3, -0.25) is 4.72 Å². The van der Waals surface area contributed by atoms with E-state index in [1.807, 2.05) is 0 Å². The Morgan fingerprint density at radius 1 is 1.05 bits per heavy atom. The number of hydrogen-bond acceptors (Lipinski definition) is 6. The van der Waals surface area contributed by atoms with Gasteiger partial charge in [-0.05, 0) is 31.2 Å². The SMILES string of the molecule is Cc1csc(NS(=O)(=O)c2ccc(S(C)(=O)=O)cc2)n1. The Hall–Kier alpha value is -1.45. The Kier molecular flexibility index (Phi) is 3.85. The minimum atomic E-state index is -3.76. The van der Waals surface area contributed by atoms with E-state index < -0.39 is 19.9 Å². The molecule has 9 heteroatoms. The van der Waals surface area contributed by atoms with Gasteiger partial charge in [0, 0.05) is 11.6 Å². The highest BCUT2D eigenvalue weighted by atomic mass is 32.2. The lowest BCUT2D eigenvalue weighted by Gasteiger charge is -2.05. The lowest BCUT2D eigenvalue weighted by Crippen LogP contribution is -2.13. The van der Waals surface area contributed by atoms with Crippen LogP contribution in [-0.4, -0.2) is 28.1 Å². The number of hydrogen-bond donors (Lipinski definition) is 1. The highest BCUT2D eigenvalue weighted by Crippen LogP contribution is 2.20. The van der Waals surface area contributed by atoms with Crippen LogP contribution in [0.5, 0.6) is 0 Å². The molecule has 1 N–H and O–H groups in total. The monoisotopic (exact) mass is 332 g/mol. The van der Waals surface area contributed by atoms with E-state index in [-0.39, 0.29) is 14.9 Å². The Labute approximate surface area is 121 Å². The number of nitrogens with zero attached hydrogens (tertiary/aromatic N) is 1. The molecule has 0 amide bonds. The number of anilines is 1. The van der Waals surface area contributed by atoms with Gasteiger partial charge < -0.3 is 0 Å². The van der Waals surface area contributed by atoms with Crippen molar-refractivity contribution in [1.29, 1.82) is 0 Å². The van der Waals surface area contributed by atoms with Gasteiger partial charge in [-0.25, -0.2) is 21.8 Å². The molecule has 0 aliphatic carbocycles. The van der Waals surface area contributed by atoms with E-state index in [4.69, 9.17) is 0 Å². The maximum Gasteiger partial charge on any atom is 0.263 e. The van der Waals surface area contributed by atoms with E-state index in [0.717, 1.165) is 11.9 Å². The number of rotatable bonds is 4. The Morgan fingerprint density at radius 2 is 1.60 bits per heavy atom. The lowest BCUT2D eigenvalue weighted by molar-refractivity contribution is 0.597. The van der Waals surface area contributed by atoms with Gasteiger partial charge in [0.2, 0.25) is 0 Å². The molecule has 1 heterocycles. The third-order valence-electron chi connectivity index (χ3n) is 2.40. The zero-order valence-electron chi connectivity index (χ0n) is 10.7. The first-order valence-electron chi connectivity index (χ1n) is 5.43. The molecule has 0 bridgehead atoms. The summed E-state index contributed by atoms with van der Waals surface area (Å²) in [7, 11) is -7.11. The zero-order chi connectivity index (χ0) is 15.0. The van der Waals surface area contributed by atoms with E-state index in [9.17, 15) is 16.8 Å². The molecule has 0 saturated heterocycles. The predicted molar refractivity (Wildman–Crippen MR) is 77.2 cm³/mol. The quantitative estimate of drug-likeness (QED) is 0.919. The molecule has 1 aromatic heterocycles. The molecule has 1 aromatic carbocycles. The van der Waals surface area contributed by atoms with Crippen LogP contribution >= 0.6 is 11.3 Å². The molecule has 0 saturated carbocycles. The van der Waals surface area contributed by atoms with Crippen LogP contribution in [0.4, 0.5) is 5.13 Å². The van der Waals surface area contributed by atoms with Crippen molar-refractivity contribution in [3.05, 3.63) is 35.3 Å². The smallest absolute Gasteiger partial charge is 0.255 e. The minimum Gasteiger partial charge on any atom is -0.255 e. The summed E-state index contributed by atoms with van der Waals surface area (Å²) in [6.07, 6.45) is 1.06. The van der Waals surface area contributed by atoms with Crippen molar-refractivity contribution >= 4 is 36.3 Å². The Morgan fingerprint density at radius 3 is 2.05 bits per heavy atom. The van der Waals surface area contributed by atoms with Crippen molar-refractivity contribution < 1.29 is 16.8 Å². The van der Waals surface area contributed by atoms with Crippen molar-refractivity contribution in [3.63, 3.8) is 0 Å². The van der Waals surface area contributed by atoms with E-state index in [1.54, 1.807) is 12.3 Å². The van der Waals surface area contributed by atoms with Gasteiger partial charge in [0.1, 0.15) is 0 Å². The first-order valence-corrected chi connectivity index (χ1v) is 9.69. The average molecular weight is 332 g/mol. The van der Waals surface area contributed by atoms with Crippen molar-refractivity contribution in [2.24, 2.45) is 0 Å². The molecule has 2 rings (SSSR count). The van der Waals surface area contributed by atoms with Crippen molar-refractivity contribution in [3.8, 4) is 0 Å². The van der Waals surface area contributed by atoms with Crippen LogP contribution in [0.2, 0.25) is 0 Å². The minimum absolute atomic E-state index is 0.0160. The fraction of sp³-hybridized carbons (Fsp3) is 0.182. The van der Waals surface area contributed by atoms with Crippen molar-refractivity contribution in [1.82, 2.24) is 4.98 Å². The molecule has 2 aromatic rings. The molecule has 0 aliphatic heterocycles.